The van der Waals surface area contributed by atoms with Crippen molar-refractivity contribution in [1.82, 2.24) is 5.32 Å². The molecule has 1 atom stereocenters. The van der Waals surface area contributed by atoms with Crippen LogP contribution in [-0.2, 0) is 19.1 Å². The van der Waals surface area contributed by atoms with Crippen molar-refractivity contribution in [2.75, 3.05) is 18.5 Å². The molecule has 2 amide bonds. The van der Waals surface area contributed by atoms with E-state index in [0.717, 1.165) is 0 Å². The number of fused-ring (bicyclic) bond motifs is 1. The van der Waals surface area contributed by atoms with Crippen LogP contribution in [0.2, 0.25) is 0 Å². The maximum atomic E-state index is 11.8. The number of carbonyl (C=O) groups excluding carboxylic acids is 3. The van der Waals surface area contributed by atoms with Crippen LogP contribution in [0.25, 0.3) is 0 Å². The number of ether oxygens (including phenoxy) is 2. The number of amides is 2. The molecule has 0 radical (unpaired) electrons. The first-order chi connectivity index (χ1) is 10.6. The predicted molar refractivity (Wildman–Crippen MR) is 76.9 cm³/mol. The molecule has 0 saturated heterocycles. The molecule has 1 heterocycles. The Balaban J connectivity index is 1.84. The average molecular weight is 302 g/mol. The largest absolute Gasteiger partial charge is 0.478 e. The SMILES string of the molecule is C#CCNC(=O)COC(=O)C[C@H]1Oc2ccccc2NC1=O. The zero-order chi connectivity index (χ0) is 15.9. The van der Waals surface area contributed by atoms with Crippen molar-refractivity contribution in [2.45, 2.75) is 12.5 Å². The van der Waals surface area contributed by atoms with Gasteiger partial charge in [-0.1, -0.05) is 18.1 Å². The van der Waals surface area contributed by atoms with Crippen LogP contribution in [0.4, 0.5) is 5.69 Å². The first-order valence-corrected chi connectivity index (χ1v) is 6.52. The van der Waals surface area contributed by atoms with Crippen molar-refractivity contribution in [3.63, 3.8) is 0 Å². The van der Waals surface area contributed by atoms with Crippen LogP contribution in [0, 0.1) is 12.3 Å². The van der Waals surface area contributed by atoms with Gasteiger partial charge < -0.3 is 20.1 Å². The van der Waals surface area contributed by atoms with E-state index in [4.69, 9.17) is 15.9 Å². The summed E-state index contributed by atoms with van der Waals surface area (Å²) in [7, 11) is 0. The zero-order valence-corrected chi connectivity index (χ0v) is 11.6. The number of terminal acetylenes is 1. The monoisotopic (exact) mass is 302 g/mol. The average Bonchev–Trinajstić information content (AvgIpc) is 2.51. The lowest BCUT2D eigenvalue weighted by Crippen LogP contribution is -2.39. The van der Waals surface area contributed by atoms with Crippen molar-refractivity contribution in [3.8, 4) is 18.1 Å². The van der Waals surface area contributed by atoms with Crippen molar-refractivity contribution >= 4 is 23.5 Å². The third-order valence-corrected chi connectivity index (χ3v) is 2.81. The first kappa shape index (κ1) is 15.4. The highest BCUT2D eigenvalue weighted by Gasteiger charge is 2.30. The number of rotatable bonds is 5. The summed E-state index contributed by atoms with van der Waals surface area (Å²) in [4.78, 5) is 34.7. The maximum Gasteiger partial charge on any atom is 0.310 e. The number of nitrogens with one attached hydrogen (secondary N) is 2. The highest BCUT2D eigenvalue weighted by Crippen LogP contribution is 2.29. The molecule has 22 heavy (non-hydrogen) atoms. The van der Waals surface area contributed by atoms with E-state index in [1.54, 1.807) is 24.3 Å². The summed E-state index contributed by atoms with van der Waals surface area (Å²) in [6, 6.07) is 6.88. The minimum atomic E-state index is -0.990. The van der Waals surface area contributed by atoms with Crippen LogP contribution < -0.4 is 15.4 Å². The summed E-state index contributed by atoms with van der Waals surface area (Å²) < 4.78 is 10.2. The molecule has 1 aromatic rings. The van der Waals surface area contributed by atoms with Crippen molar-refractivity contribution < 1.29 is 23.9 Å². The molecule has 0 bridgehead atoms. The summed E-state index contributed by atoms with van der Waals surface area (Å²) in [5.41, 5.74) is 0.547. The van der Waals surface area contributed by atoms with Crippen LogP contribution >= 0.6 is 0 Å². The maximum absolute atomic E-state index is 11.8. The second-order valence-corrected chi connectivity index (χ2v) is 4.44. The van der Waals surface area contributed by atoms with E-state index in [9.17, 15) is 14.4 Å². The van der Waals surface area contributed by atoms with Gasteiger partial charge in [-0.25, -0.2) is 0 Å². The third kappa shape index (κ3) is 3.99. The van der Waals surface area contributed by atoms with Crippen LogP contribution in [-0.4, -0.2) is 37.0 Å². The molecule has 0 aromatic heterocycles. The lowest BCUT2D eigenvalue weighted by atomic mass is 10.1. The zero-order valence-electron chi connectivity index (χ0n) is 11.6. The molecule has 1 aliphatic heterocycles. The van der Waals surface area contributed by atoms with Crippen LogP contribution in [0.3, 0.4) is 0 Å². The van der Waals surface area contributed by atoms with Gasteiger partial charge >= 0.3 is 5.97 Å². The van der Waals surface area contributed by atoms with Crippen molar-refractivity contribution in [3.05, 3.63) is 24.3 Å². The van der Waals surface area contributed by atoms with E-state index in [-0.39, 0.29) is 13.0 Å². The van der Waals surface area contributed by atoms with E-state index in [0.29, 0.717) is 11.4 Å². The van der Waals surface area contributed by atoms with Gasteiger partial charge in [-0.3, -0.25) is 14.4 Å². The second-order valence-electron chi connectivity index (χ2n) is 4.44. The Morgan fingerprint density at radius 2 is 2.18 bits per heavy atom. The lowest BCUT2D eigenvalue weighted by Gasteiger charge is -2.25. The number of anilines is 1. The fourth-order valence-corrected chi connectivity index (χ4v) is 1.78. The Hall–Kier alpha value is -3.01. The number of para-hydroxylation sites is 2. The van der Waals surface area contributed by atoms with Crippen LogP contribution in [0.15, 0.2) is 24.3 Å². The van der Waals surface area contributed by atoms with Gasteiger partial charge in [-0.05, 0) is 12.1 Å². The van der Waals surface area contributed by atoms with E-state index < -0.39 is 30.5 Å². The molecule has 7 nitrogen and oxygen atoms in total. The van der Waals surface area contributed by atoms with E-state index in [1.165, 1.54) is 0 Å². The quantitative estimate of drug-likeness (QED) is 0.593. The number of carbonyl (C=O) groups is 3. The van der Waals surface area contributed by atoms with Crippen LogP contribution in [0.5, 0.6) is 5.75 Å². The van der Waals surface area contributed by atoms with Gasteiger partial charge in [-0.2, -0.15) is 0 Å². The van der Waals surface area contributed by atoms with Gasteiger partial charge in [0.05, 0.1) is 18.7 Å². The summed E-state index contributed by atoms with van der Waals surface area (Å²) >= 11 is 0. The number of hydrogen-bond donors (Lipinski definition) is 2. The van der Waals surface area contributed by atoms with Gasteiger partial charge in [-0.15, -0.1) is 6.42 Å². The molecular formula is C15H14N2O5. The highest BCUT2D eigenvalue weighted by atomic mass is 16.5. The Bertz CT molecular complexity index is 635. The molecule has 114 valence electrons. The second kappa shape index (κ2) is 7.13. The Kier molecular flexibility index (Phi) is 4.98. The molecule has 1 aliphatic rings. The van der Waals surface area contributed by atoms with Gasteiger partial charge in [0.2, 0.25) is 0 Å². The summed E-state index contributed by atoms with van der Waals surface area (Å²) in [6.07, 6.45) is 3.70. The minimum absolute atomic E-state index is 0.0569. The molecule has 0 saturated carbocycles. The fourth-order valence-electron chi connectivity index (χ4n) is 1.78. The standard InChI is InChI=1S/C15H14N2O5/c1-2-7-16-13(18)9-21-14(19)8-12-15(20)17-10-5-3-4-6-11(10)22-12/h1,3-6,12H,7-9H2,(H,16,18)(H,17,20)/t12-/m1/s1. The number of esters is 1. The summed E-state index contributed by atoms with van der Waals surface area (Å²) in [5.74, 6) is 1.04. The van der Waals surface area contributed by atoms with E-state index >= 15 is 0 Å². The Morgan fingerprint density at radius 3 is 2.95 bits per heavy atom. The van der Waals surface area contributed by atoms with Crippen molar-refractivity contribution in [1.29, 1.82) is 0 Å². The summed E-state index contributed by atoms with van der Waals surface area (Å²) in [6.45, 7) is -0.396. The smallest absolute Gasteiger partial charge is 0.310 e. The van der Waals surface area contributed by atoms with E-state index in [2.05, 4.69) is 16.6 Å². The molecule has 0 aliphatic carbocycles. The van der Waals surface area contributed by atoms with Gasteiger partial charge in [0.1, 0.15) is 5.75 Å². The first-order valence-electron chi connectivity index (χ1n) is 6.52. The molecule has 0 unspecified atom stereocenters. The molecule has 0 spiro atoms. The van der Waals surface area contributed by atoms with E-state index in [1.807, 2.05) is 0 Å². The fraction of sp³-hybridized carbons (Fsp3) is 0.267. The molecule has 1 aromatic carbocycles. The molecule has 2 N–H and O–H groups in total. The van der Waals surface area contributed by atoms with Crippen molar-refractivity contribution in [2.24, 2.45) is 0 Å². The molecular weight excluding hydrogens is 288 g/mol. The predicted octanol–water partition coefficient (Wildman–Crippen LogP) is 0.0688. The Morgan fingerprint density at radius 1 is 1.41 bits per heavy atom. The number of benzene rings is 1. The van der Waals surface area contributed by atoms with Gasteiger partial charge in [0, 0.05) is 0 Å². The van der Waals surface area contributed by atoms with Gasteiger partial charge in [0.25, 0.3) is 11.8 Å². The topological polar surface area (TPSA) is 93.7 Å². The number of hydrogen-bond acceptors (Lipinski definition) is 5. The van der Waals surface area contributed by atoms with Gasteiger partial charge in [0.15, 0.2) is 12.7 Å². The molecule has 7 heteroatoms. The normalized spacial score (nSPS) is 15.6. The third-order valence-electron chi connectivity index (χ3n) is 2.81. The minimum Gasteiger partial charge on any atom is -0.478 e. The lowest BCUT2D eigenvalue weighted by molar-refractivity contribution is -0.151. The Labute approximate surface area is 127 Å². The summed E-state index contributed by atoms with van der Waals surface area (Å²) in [5, 5.41) is 4.99. The van der Waals surface area contributed by atoms with Crippen LogP contribution in [0.1, 0.15) is 6.42 Å². The molecule has 2 rings (SSSR count). The highest BCUT2D eigenvalue weighted by molar-refractivity contribution is 5.99. The molecule has 0 fully saturated rings.